The van der Waals surface area contributed by atoms with Crippen LogP contribution in [0.4, 0.5) is 4.39 Å². The first kappa shape index (κ1) is 13.1. The fourth-order valence-electron chi connectivity index (χ4n) is 1.43. The van der Waals surface area contributed by atoms with Crippen LogP contribution >= 0.6 is 0 Å². The van der Waals surface area contributed by atoms with Crippen molar-refractivity contribution in [2.75, 3.05) is 13.7 Å². The van der Waals surface area contributed by atoms with Crippen molar-refractivity contribution in [2.24, 2.45) is 0 Å². The Morgan fingerprint density at radius 3 is 2.62 bits per heavy atom. The molecule has 1 aromatic rings. The molecule has 3 heteroatoms. The standard InChI is InChI=1S/C13H20FNO/c1-10-7-12(14)6-5-11(10)8-15-9-13(2,3)16-4/h5-7,15H,8-9H2,1-4H3. The summed E-state index contributed by atoms with van der Waals surface area (Å²) in [5.74, 6) is -0.182. The van der Waals surface area contributed by atoms with Crippen molar-refractivity contribution >= 4 is 0 Å². The maximum Gasteiger partial charge on any atom is 0.123 e. The van der Waals surface area contributed by atoms with Crippen LogP contribution in [-0.4, -0.2) is 19.3 Å². The number of benzene rings is 1. The fourth-order valence-corrected chi connectivity index (χ4v) is 1.43. The van der Waals surface area contributed by atoms with E-state index in [2.05, 4.69) is 5.32 Å². The highest BCUT2D eigenvalue weighted by molar-refractivity contribution is 5.26. The first-order chi connectivity index (χ1) is 7.44. The van der Waals surface area contributed by atoms with E-state index in [1.807, 2.05) is 26.8 Å². The Balaban J connectivity index is 2.49. The smallest absolute Gasteiger partial charge is 0.123 e. The van der Waals surface area contributed by atoms with E-state index in [1.165, 1.54) is 6.07 Å². The lowest BCUT2D eigenvalue weighted by atomic mass is 10.1. The van der Waals surface area contributed by atoms with Crippen LogP contribution in [0.5, 0.6) is 0 Å². The summed E-state index contributed by atoms with van der Waals surface area (Å²) >= 11 is 0. The van der Waals surface area contributed by atoms with Gasteiger partial charge in [-0.2, -0.15) is 0 Å². The van der Waals surface area contributed by atoms with Crippen molar-refractivity contribution < 1.29 is 9.13 Å². The van der Waals surface area contributed by atoms with Gasteiger partial charge >= 0.3 is 0 Å². The molecule has 1 rings (SSSR count). The monoisotopic (exact) mass is 225 g/mol. The van der Waals surface area contributed by atoms with Gasteiger partial charge in [-0.05, 0) is 44.0 Å². The van der Waals surface area contributed by atoms with Gasteiger partial charge < -0.3 is 10.1 Å². The highest BCUT2D eigenvalue weighted by Gasteiger charge is 2.15. The molecule has 0 radical (unpaired) electrons. The molecule has 1 aromatic carbocycles. The van der Waals surface area contributed by atoms with Gasteiger partial charge in [-0.15, -0.1) is 0 Å². The van der Waals surface area contributed by atoms with Crippen LogP contribution < -0.4 is 5.32 Å². The molecule has 1 N–H and O–H groups in total. The molecule has 0 aliphatic heterocycles. The van der Waals surface area contributed by atoms with Gasteiger partial charge in [0.15, 0.2) is 0 Å². The van der Waals surface area contributed by atoms with E-state index >= 15 is 0 Å². The second-order valence-electron chi connectivity index (χ2n) is 4.64. The van der Waals surface area contributed by atoms with E-state index < -0.39 is 0 Å². The van der Waals surface area contributed by atoms with Gasteiger partial charge in [0.1, 0.15) is 5.82 Å². The molecular formula is C13H20FNO. The number of hydrogen-bond acceptors (Lipinski definition) is 2. The Morgan fingerprint density at radius 2 is 2.06 bits per heavy atom. The molecule has 0 unspecified atom stereocenters. The third-order valence-electron chi connectivity index (χ3n) is 2.72. The Bertz CT molecular complexity index is 350. The zero-order valence-electron chi connectivity index (χ0n) is 10.4. The number of halogens is 1. The van der Waals surface area contributed by atoms with E-state index in [1.54, 1.807) is 13.2 Å². The van der Waals surface area contributed by atoms with E-state index in [0.29, 0.717) is 0 Å². The van der Waals surface area contributed by atoms with Crippen molar-refractivity contribution in [1.29, 1.82) is 0 Å². The number of hydrogen-bond donors (Lipinski definition) is 1. The Labute approximate surface area is 96.8 Å². The van der Waals surface area contributed by atoms with Gasteiger partial charge in [-0.3, -0.25) is 0 Å². The SMILES string of the molecule is COC(C)(C)CNCc1ccc(F)cc1C. The zero-order chi connectivity index (χ0) is 12.2. The minimum absolute atomic E-state index is 0.173. The molecule has 0 aliphatic carbocycles. The normalized spacial score (nSPS) is 11.8. The van der Waals surface area contributed by atoms with Crippen LogP contribution in [0.2, 0.25) is 0 Å². The minimum Gasteiger partial charge on any atom is -0.377 e. The summed E-state index contributed by atoms with van der Waals surface area (Å²) in [7, 11) is 1.70. The zero-order valence-corrected chi connectivity index (χ0v) is 10.4. The number of nitrogens with one attached hydrogen (secondary N) is 1. The molecule has 0 heterocycles. The summed E-state index contributed by atoms with van der Waals surface area (Å²) in [6, 6.07) is 4.86. The first-order valence-electron chi connectivity index (χ1n) is 5.45. The molecule has 0 atom stereocenters. The summed E-state index contributed by atoms with van der Waals surface area (Å²) in [6.45, 7) is 7.47. The van der Waals surface area contributed by atoms with Crippen molar-refractivity contribution in [3.8, 4) is 0 Å². The van der Waals surface area contributed by atoms with Crippen LogP contribution in [0.3, 0.4) is 0 Å². The predicted molar refractivity (Wildman–Crippen MR) is 63.9 cm³/mol. The van der Waals surface area contributed by atoms with Gasteiger partial charge in [-0.25, -0.2) is 4.39 Å². The maximum atomic E-state index is 12.9. The number of methoxy groups -OCH3 is 1. The molecule has 90 valence electrons. The van der Waals surface area contributed by atoms with Crippen molar-refractivity contribution in [3.63, 3.8) is 0 Å². The van der Waals surface area contributed by atoms with Crippen molar-refractivity contribution in [3.05, 3.63) is 35.1 Å². The summed E-state index contributed by atoms with van der Waals surface area (Å²) in [5, 5.41) is 3.31. The van der Waals surface area contributed by atoms with Gasteiger partial charge in [0.05, 0.1) is 5.60 Å². The largest absolute Gasteiger partial charge is 0.377 e. The van der Waals surface area contributed by atoms with Crippen LogP contribution in [0.1, 0.15) is 25.0 Å². The lowest BCUT2D eigenvalue weighted by Crippen LogP contribution is -2.36. The molecule has 0 fully saturated rings. The molecule has 0 saturated carbocycles. The highest BCUT2D eigenvalue weighted by atomic mass is 19.1. The molecule has 0 bridgehead atoms. The molecule has 16 heavy (non-hydrogen) atoms. The molecule has 0 aliphatic rings. The van der Waals surface area contributed by atoms with Gasteiger partial charge in [-0.1, -0.05) is 6.07 Å². The summed E-state index contributed by atoms with van der Waals surface area (Å²) in [5.41, 5.74) is 1.92. The second-order valence-corrected chi connectivity index (χ2v) is 4.64. The molecule has 0 saturated heterocycles. The molecule has 0 amide bonds. The number of ether oxygens (including phenoxy) is 1. The second kappa shape index (κ2) is 5.41. The highest BCUT2D eigenvalue weighted by Crippen LogP contribution is 2.11. The predicted octanol–water partition coefficient (Wildman–Crippen LogP) is 2.65. The maximum absolute atomic E-state index is 12.9. The molecule has 2 nitrogen and oxygen atoms in total. The quantitative estimate of drug-likeness (QED) is 0.831. The molecule has 0 spiro atoms. The van der Waals surface area contributed by atoms with E-state index in [4.69, 9.17) is 4.74 Å². The fraction of sp³-hybridized carbons (Fsp3) is 0.538. The first-order valence-corrected chi connectivity index (χ1v) is 5.45. The number of rotatable bonds is 5. The lowest BCUT2D eigenvalue weighted by Gasteiger charge is -2.23. The van der Waals surface area contributed by atoms with Crippen LogP contribution in [-0.2, 0) is 11.3 Å². The van der Waals surface area contributed by atoms with E-state index in [9.17, 15) is 4.39 Å². The van der Waals surface area contributed by atoms with Crippen LogP contribution in [0.15, 0.2) is 18.2 Å². The minimum atomic E-state index is -0.182. The van der Waals surface area contributed by atoms with Crippen LogP contribution in [0, 0.1) is 12.7 Å². The Kier molecular flexibility index (Phi) is 4.44. The number of aryl methyl sites for hydroxylation is 1. The van der Waals surface area contributed by atoms with Gasteiger partial charge in [0, 0.05) is 20.2 Å². The van der Waals surface area contributed by atoms with Crippen LogP contribution in [0.25, 0.3) is 0 Å². The van der Waals surface area contributed by atoms with Crippen molar-refractivity contribution in [1.82, 2.24) is 5.32 Å². The summed E-state index contributed by atoms with van der Waals surface area (Å²) in [4.78, 5) is 0. The van der Waals surface area contributed by atoms with Gasteiger partial charge in [0.2, 0.25) is 0 Å². The average molecular weight is 225 g/mol. The summed E-state index contributed by atoms with van der Waals surface area (Å²) in [6.07, 6.45) is 0. The molecule has 0 aromatic heterocycles. The Morgan fingerprint density at radius 1 is 1.38 bits per heavy atom. The Hall–Kier alpha value is -0.930. The third kappa shape index (κ3) is 3.91. The molecular weight excluding hydrogens is 205 g/mol. The topological polar surface area (TPSA) is 21.3 Å². The van der Waals surface area contributed by atoms with E-state index in [-0.39, 0.29) is 11.4 Å². The summed E-state index contributed by atoms with van der Waals surface area (Å²) < 4.78 is 18.2. The van der Waals surface area contributed by atoms with Crippen molar-refractivity contribution in [2.45, 2.75) is 32.9 Å². The average Bonchev–Trinajstić information content (AvgIpc) is 2.21. The third-order valence-corrected chi connectivity index (χ3v) is 2.72. The van der Waals surface area contributed by atoms with E-state index in [0.717, 1.165) is 24.2 Å². The lowest BCUT2D eigenvalue weighted by molar-refractivity contribution is 0.0230. The van der Waals surface area contributed by atoms with Gasteiger partial charge in [0.25, 0.3) is 0 Å².